The number of rotatable bonds is 5. The van der Waals surface area contributed by atoms with E-state index in [0.29, 0.717) is 0 Å². The number of thiazole rings is 1. The van der Waals surface area contributed by atoms with Crippen LogP contribution < -0.4 is 5.32 Å². The minimum atomic E-state index is -0.836. The number of carbonyl (C=O) groups is 1. The molecule has 0 amide bonds. The molecule has 0 atom stereocenters. The van der Waals surface area contributed by atoms with Crippen molar-refractivity contribution in [1.29, 1.82) is 0 Å². The smallest absolute Gasteiger partial charge is 0.317 e. The highest BCUT2D eigenvalue weighted by atomic mass is 32.1. The van der Waals surface area contributed by atoms with Crippen LogP contribution in [0.4, 0.5) is 0 Å². The summed E-state index contributed by atoms with van der Waals surface area (Å²) >= 11 is 1.59. The van der Waals surface area contributed by atoms with Gasteiger partial charge in [-0.3, -0.25) is 4.79 Å². The molecule has 0 aromatic carbocycles. The Balaban J connectivity index is 0.000000770. The van der Waals surface area contributed by atoms with E-state index in [4.69, 9.17) is 5.11 Å². The van der Waals surface area contributed by atoms with Crippen molar-refractivity contribution in [2.45, 2.75) is 46.1 Å². The van der Waals surface area contributed by atoms with Gasteiger partial charge in [-0.15, -0.1) is 11.3 Å². The van der Waals surface area contributed by atoms with Crippen LogP contribution in [0.25, 0.3) is 0 Å². The zero-order valence-corrected chi connectivity index (χ0v) is 11.8. The molecule has 4 nitrogen and oxygen atoms in total. The van der Waals surface area contributed by atoms with Crippen LogP contribution in [-0.2, 0) is 11.2 Å². The van der Waals surface area contributed by atoms with Crippen LogP contribution in [0.3, 0.4) is 0 Å². The molecule has 0 aliphatic rings. The first-order chi connectivity index (χ1) is 7.91. The molecular weight excluding hydrogens is 236 g/mol. The summed E-state index contributed by atoms with van der Waals surface area (Å²) in [6, 6.07) is 0. The zero-order chi connectivity index (χ0) is 13.3. The van der Waals surface area contributed by atoms with Gasteiger partial charge >= 0.3 is 5.97 Å². The lowest BCUT2D eigenvalue weighted by atomic mass is 10.0. The Morgan fingerprint density at radius 2 is 2.12 bits per heavy atom. The highest BCUT2D eigenvalue weighted by Crippen LogP contribution is 2.14. The summed E-state index contributed by atoms with van der Waals surface area (Å²) in [4.78, 5) is 14.5. The summed E-state index contributed by atoms with van der Waals surface area (Å²) in [5.41, 5.74) is -0.226. The molecule has 0 saturated carbocycles. The van der Waals surface area contributed by atoms with E-state index in [1.807, 2.05) is 19.2 Å². The second-order valence-corrected chi connectivity index (χ2v) is 5.42. The summed E-state index contributed by atoms with van der Waals surface area (Å²) in [7, 11) is 0. The van der Waals surface area contributed by atoms with Crippen molar-refractivity contribution in [3.05, 3.63) is 16.6 Å². The summed E-state index contributed by atoms with van der Waals surface area (Å²) in [6.45, 7) is 8.17. The van der Waals surface area contributed by atoms with Gasteiger partial charge in [0.15, 0.2) is 0 Å². The van der Waals surface area contributed by atoms with Gasteiger partial charge in [0.2, 0.25) is 0 Å². The van der Waals surface area contributed by atoms with E-state index in [9.17, 15) is 4.79 Å². The van der Waals surface area contributed by atoms with E-state index in [1.54, 1.807) is 17.5 Å². The monoisotopic (exact) mass is 258 g/mol. The zero-order valence-electron chi connectivity index (χ0n) is 11.0. The molecule has 0 bridgehead atoms. The molecule has 1 heterocycles. The van der Waals surface area contributed by atoms with Crippen LogP contribution in [0.5, 0.6) is 0 Å². The average molecular weight is 258 g/mol. The molecule has 98 valence electrons. The van der Waals surface area contributed by atoms with Crippen LogP contribution in [0, 0.1) is 0 Å². The van der Waals surface area contributed by atoms with Gasteiger partial charge in [0.1, 0.15) is 0 Å². The quantitative estimate of drug-likeness (QED) is 0.852. The first kappa shape index (κ1) is 16.1. The topological polar surface area (TPSA) is 62.2 Å². The molecule has 5 heteroatoms. The van der Waals surface area contributed by atoms with E-state index in [0.717, 1.165) is 11.4 Å². The van der Waals surface area contributed by atoms with Gasteiger partial charge < -0.3 is 10.4 Å². The number of nitrogens with zero attached hydrogens (tertiary/aromatic N) is 1. The third kappa shape index (κ3) is 8.83. The van der Waals surface area contributed by atoms with Gasteiger partial charge in [-0.2, -0.15) is 0 Å². The molecular formula is C12H22N2O2S. The summed E-state index contributed by atoms with van der Waals surface area (Å²) in [5.74, 6) is -0.836. The standard InChI is InChI=1S/C9H14N2O2S.C3H8/c1-9(2,11-6-8(12)13)5-7-10-3-4-14-7;1-3-2/h3-4,11H,5-6H2,1-2H3,(H,12,13);3H2,1-2H3. The average Bonchev–Trinajstić information content (AvgIpc) is 2.68. The normalized spacial score (nSPS) is 10.6. The number of aromatic nitrogens is 1. The van der Waals surface area contributed by atoms with Crippen LogP contribution in [0.1, 0.15) is 39.1 Å². The number of hydrogen-bond acceptors (Lipinski definition) is 4. The number of aliphatic carboxylic acids is 1. The Bertz CT molecular complexity index is 310. The Hall–Kier alpha value is -0.940. The van der Waals surface area contributed by atoms with Crippen molar-refractivity contribution in [3.63, 3.8) is 0 Å². The minimum absolute atomic E-state index is 0.0155. The molecule has 0 spiro atoms. The fourth-order valence-corrected chi connectivity index (χ4v) is 1.94. The van der Waals surface area contributed by atoms with Crippen LogP contribution in [0.2, 0.25) is 0 Å². The molecule has 1 rings (SSSR count). The number of carboxylic acids is 1. The Kier molecular flexibility index (Phi) is 7.74. The van der Waals surface area contributed by atoms with Gasteiger partial charge in [-0.05, 0) is 13.8 Å². The molecule has 0 radical (unpaired) electrons. The lowest BCUT2D eigenvalue weighted by molar-refractivity contribution is -0.136. The maximum atomic E-state index is 10.4. The predicted octanol–water partition coefficient (Wildman–Crippen LogP) is 2.55. The highest BCUT2D eigenvalue weighted by Gasteiger charge is 2.19. The van der Waals surface area contributed by atoms with E-state index in [2.05, 4.69) is 24.1 Å². The highest BCUT2D eigenvalue weighted by molar-refractivity contribution is 7.09. The van der Waals surface area contributed by atoms with E-state index in [1.165, 1.54) is 6.42 Å². The van der Waals surface area contributed by atoms with E-state index >= 15 is 0 Å². The number of nitrogens with one attached hydrogen (secondary N) is 1. The lowest BCUT2D eigenvalue weighted by Gasteiger charge is -2.24. The van der Waals surface area contributed by atoms with E-state index < -0.39 is 5.97 Å². The second-order valence-electron chi connectivity index (χ2n) is 4.44. The van der Waals surface area contributed by atoms with Crippen LogP contribution in [-0.4, -0.2) is 28.1 Å². The molecule has 0 unspecified atom stereocenters. The van der Waals surface area contributed by atoms with Crippen LogP contribution >= 0.6 is 11.3 Å². The fraction of sp³-hybridized carbons (Fsp3) is 0.667. The molecule has 17 heavy (non-hydrogen) atoms. The number of hydrogen-bond donors (Lipinski definition) is 2. The molecule has 0 saturated heterocycles. The molecule has 0 aliphatic heterocycles. The molecule has 0 fully saturated rings. The Morgan fingerprint density at radius 3 is 2.53 bits per heavy atom. The van der Waals surface area contributed by atoms with E-state index in [-0.39, 0.29) is 12.1 Å². The third-order valence-corrected chi connectivity index (χ3v) is 2.57. The lowest BCUT2D eigenvalue weighted by Crippen LogP contribution is -2.43. The molecule has 1 aromatic heterocycles. The summed E-state index contributed by atoms with van der Waals surface area (Å²) in [6.07, 6.45) is 3.76. The summed E-state index contributed by atoms with van der Waals surface area (Å²) < 4.78 is 0. The second kappa shape index (κ2) is 8.20. The minimum Gasteiger partial charge on any atom is -0.480 e. The largest absolute Gasteiger partial charge is 0.480 e. The van der Waals surface area contributed by atoms with Gasteiger partial charge in [0.05, 0.1) is 11.6 Å². The summed E-state index contributed by atoms with van der Waals surface area (Å²) in [5, 5.41) is 14.4. The molecule has 1 aromatic rings. The van der Waals surface area contributed by atoms with Crippen molar-refractivity contribution in [2.24, 2.45) is 0 Å². The van der Waals surface area contributed by atoms with Crippen molar-refractivity contribution < 1.29 is 9.90 Å². The molecule has 0 aliphatic carbocycles. The van der Waals surface area contributed by atoms with Crippen molar-refractivity contribution in [3.8, 4) is 0 Å². The van der Waals surface area contributed by atoms with Crippen molar-refractivity contribution >= 4 is 17.3 Å². The Morgan fingerprint density at radius 1 is 1.53 bits per heavy atom. The first-order valence-electron chi connectivity index (χ1n) is 5.76. The van der Waals surface area contributed by atoms with Crippen molar-refractivity contribution in [1.82, 2.24) is 10.3 Å². The SMILES string of the molecule is CC(C)(Cc1nccs1)NCC(=O)O.CCC. The number of carboxylic acid groups (broad SMARTS) is 1. The van der Waals surface area contributed by atoms with Gasteiger partial charge in [-0.25, -0.2) is 4.98 Å². The maximum absolute atomic E-state index is 10.4. The van der Waals surface area contributed by atoms with Gasteiger partial charge in [0.25, 0.3) is 0 Å². The van der Waals surface area contributed by atoms with Crippen LogP contribution in [0.15, 0.2) is 11.6 Å². The van der Waals surface area contributed by atoms with Gasteiger partial charge in [0, 0.05) is 23.5 Å². The van der Waals surface area contributed by atoms with Crippen molar-refractivity contribution in [2.75, 3.05) is 6.54 Å². The Labute approximate surface area is 107 Å². The fourth-order valence-electron chi connectivity index (χ4n) is 1.10. The third-order valence-electron chi connectivity index (χ3n) is 1.79. The predicted molar refractivity (Wildman–Crippen MR) is 71.5 cm³/mol. The first-order valence-corrected chi connectivity index (χ1v) is 6.64. The maximum Gasteiger partial charge on any atom is 0.317 e. The molecule has 2 N–H and O–H groups in total. The van der Waals surface area contributed by atoms with Gasteiger partial charge in [-0.1, -0.05) is 20.3 Å².